The monoisotopic (exact) mass is 214 g/mol. The number of hydrogen-bond acceptors (Lipinski definition) is 3. The Bertz CT molecular complexity index is 198. The first kappa shape index (κ1) is 10.3. The van der Waals surface area contributed by atoms with E-state index < -0.39 is 0 Å². The maximum absolute atomic E-state index is 11.8. The van der Waals surface area contributed by atoms with Crippen molar-refractivity contribution in [2.45, 2.75) is 25.3 Å². The molecule has 0 radical (unpaired) electrons. The molecule has 1 amide bonds. The molecule has 1 unspecified atom stereocenters. The lowest BCUT2D eigenvalue weighted by molar-refractivity contribution is -0.126. The predicted octanol–water partition coefficient (Wildman–Crippen LogP) is 0.608. The van der Waals surface area contributed by atoms with E-state index in [1.165, 1.54) is 5.75 Å². The van der Waals surface area contributed by atoms with Gasteiger partial charge in [0.05, 0.1) is 5.92 Å². The zero-order valence-corrected chi connectivity index (χ0v) is 9.24. The van der Waals surface area contributed by atoms with Gasteiger partial charge in [-0.3, -0.25) is 4.79 Å². The predicted molar refractivity (Wildman–Crippen MR) is 59.5 cm³/mol. The van der Waals surface area contributed by atoms with Crippen molar-refractivity contribution in [3.63, 3.8) is 0 Å². The van der Waals surface area contributed by atoms with Gasteiger partial charge in [-0.2, -0.15) is 11.8 Å². The second kappa shape index (κ2) is 5.03. The maximum Gasteiger partial charge on any atom is 0.224 e. The molecule has 3 nitrogen and oxygen atoms in total. The Labute approximate surface area is 89.4 Å². The first-order chi connectivity index (χ1) is 6.86. The highest BCUT2D eigenvalue weighted by Crippen LogP contribution is 2.18. The highest BCUT2D eigenvalue weighted by Gasteiger charge is 2.24. The maximum atomic E-state index is 11.8. The van der Waals surface area contributed by atoms with Gasteiger partial charge in [0.2, 0.25) is 5.91 Å². The number of piperidine rings is 1. The molecule has 2 aliphatic rings. The van der Waals surface area contributed by atoms with Gasteiger partial charge < -0.3 is 10.6 Å². The van der Waals surface area contributed by atoms with Crippen LogP contribution in [0.25, 0.3) is 0 Å². The van der Waals surface area contributed by atoms with E-state index >= 15 is 0 Å². The van der Waals surface area contributed by atoms with Gasteiger partial charge in [0.15, 0.2) is 0 Å². The van der Waals surface area contributed by atoms with Crippen molar-refractivity contribution in [2.24, 2.45) is 5.92 Å². The molecule has 0 aromatic carbocycles. The van der Waals surface area contributed by atoms with E-state index in [0.29, 0.717) is 6.04 Å². The quantitative estimate of drug-likeness (QED) is 0.707. The van der Waals surface area contributed by atoms with Crippen LogP contribution >= 0.6 is 11.8 Å². The second-order valence-corrected chi connectivity index (χ2v) is 5.26. The molecule has 0 aromatic rings. The van der Waals surface area contributed by atoms with Crippen LogP contribution in [0.4, 0.5) is 0 Å². The molecule has 2 heterocycles. The summed E-state index contributed by atoms with van der Waals surface area (Å²) in [5, 5.41) is 6.42. The Morgan fingerprint density at radius 1 is 1.43 bits per heavy atom. The van der Waals surface area contributed by atoms with E-state index in [1.54, 1.807) is 0 Å². The van der Waals surface area contributed by atoms with Gasteiger partial charge in [-0.25, -0.2) is 0 Å². The van der Waals surface area contributed by atoms with Crippen LogP contribution < -0.4 is 10.6 Å². The van der Waals surface area contributed by atoms with Crippen molar-refractivity contribution in [3.8, 4) is 0 Å². The van der Waals surface area contributed by atoms with E-state index in [0.717, 1.165) is 38.1 Å². The first-order valence-electron chi connectivity index (χ1n) is 5.45. The zero-order chi connectivity index (χ0) is 9.80. The molecule has 0 aromatic heterocycles. The summed E-state index contributed by atoms with van der Waals surface area (Å²) in [5.74, 6) is 2.79. The Hall–Kier alpha value is -0.220. The Balaban J connectivity index is 1.75. The summed E-state index contributed by atoms with van der Waals surface area (Å²) in [6.07, 6.45) is 3.34. The summed E-state index contributed by atoms with van der Waals surface area (Å²) < 4.78 is 0. The summed E-state index contributed by atoms with van der Waals surface area (Å²) in [5.41, 5.74) is 0. The van der Waals surface area contributed by atoms with Gasteiger partial charge in [-0.1, -0.05) is 0 Å². The van der Waals surface area contributed by atoms with Crippen LogP contribution in [0.15, 0.2) is 0 Å². The molecular weight excluding hydrogens is 196 g/mol. The summed E-state index contributed by atoms with van der Waals surface area (Å²) in [6.45, 7) is 1.94. The third-order valence-corrected chi connectivity index (χ3v) is 4.11. The minimum absolute atomic E-state index is 0.217. The Kier molecular flexibility index (Phi) is 3.70. The van der Waals surface area contributed by atoms with Crippen molar-refractivity contribution in [3.05, 3.63) is 0 Å². The van der Waals surface area contributed by atoms with Crippen molar-refractivity contribution in [1.29, 1.82) is 0 Å². The topological polar surface area (TPSA) is 41.1 Å². The lowest BCUT2D eigenvalue weighted by Gasteiger charge is -2.23. The number of thioether (sulfide) groups is 1. The van der Waals surface area contributed by atoms with Gasteiger partial charge in [0, 0.05) is 18.3 Å². The largest absolute Gasteiger partial charge is 0.352 e. The summed E-state index contributed by atoms with van der Waals surface area (Å²) in [6, 6.07) is 0.439. The molecule has 2 atom stereocenters. The molecule has 0 saturated carbocycles. The molecule has 0 bridgehead atoms. The summed E-state index contributed by atoms with van der Waals surface area (Å²) in [7, 11) is 0. The number of carbonyl (C=O) groups is 1. The first-order valence-corrected chi connectivity index (χ1v) is 6.60. The average molecular weight is 214 g/mol. The Morgan fingerprint density at radius 3 is 3.00 bits per heavy atom. The molecule has 80 valence electrons. The third kappa shape index (κ3) is 2.64. The fourth-order valence-corrected chi connectivity index (χ4v) is 3.20. The van der Waals surface area contributed by atoms with Crippen LogP contribution in [0.1, 0.15) is 19.3 Å². The normalized spacial score (nSPS) is 32.9. The molecular formula is C10H18N2OS. The standard InChI is InChI=1S/C10H18N2OS/c13-10(8-2-1-4-11-6-8)12-9-3-5-14-7-9/h8-9,11H,1-7H2,(H,12,13)/t8-,9?/m1/s1. The van der Waals surface area contributed by atoms with Crippen LogP contribution in [0.3, 0.4) is 0 Å². The molecule has 2 fully saturated rings. The van der Waals surface area contributed by atoms with Crippen LogP contribution in [0.5, 0.6) is 0 Å². The Morgan fingerprint density at radius 2 is 2.36 bits per heavy atom. The van der Waals surface area contributed by atoms with E-state index in [4.69, 9.17) is 0 Å². The van der Waals surface area contributed by atoms with Crippen molar-refractivity contribution in [2.75, 3.05) is 24.6 Å². The number of amides is 1. The lowest BCUT2D eigenvalue weighted by atomic mass is 9.98. The molecule has 0 aliphatic carbocycles. The van der Waals surface area contributed by atoms with Gasteiger partial charge in [-0.15, -0.1) is 0 Å². The SMILES string of the molecule is O=C(NC1CCSC1)[C@@H]1CCCNC1. The third-order valence-electron chi connectivity index (χ3n) is 2.94. The number of rotatable bonds is 2. The fourth-order valence-electron chi connectivity index (χ4n) is 2.04. The average Bonchev–Trinajstić information content (AvgIpc) is 2.72. The van der Waals surface area contributed by atoms with Gasteiger partial charge in [0.1, 0.15) is 0 Å². The number of nitrogens with one attached hydrogen (secondary N) is 2. The van der Waals surface area contributed by atoms with Crippen molar-refractivity contribution in [1.82, 2.24) is 10.6 Å². The van der Waals surface area contributed by atoms with Crippen LogP contribution in [0, 0.1) is 5.92 Å². The van der Waals surface area contributed by atoms with Gasteiger partial charge >= 0.3 is 0 Å². The molecule has 4 heteroatoms. The van der Waals surface area contributed by atoms with Gasteiger partial charge in [-0.05, 0) is 31.6 Å². The molecule has 0 spiro atoms. The lowest BCUT2D eigenvalue weighted by Crippen LogP contribution is -2.44. The molecule has 2 N–H and O–H groups in total. The highest BCUT2D eigenvalue weighted by molar-refractivity contribution is 7.99. The van der Waals surface area contributed by atoms with E-state index in [2.05, 4.69) is 10.6 Å². The summed E-state index contributed by atoms with van der Waals surface area (Å²) in [4.78, 5) is 11.8. The van der Waals surface area contributed by atoms with Crippen LogP contribution in [0.2, 0.25) is 0 Å². The molecule has 2 rings (SSSR count). The number of hydrogen-bond donors (Lipinski definition) is 2. The van der Waals surface area contributed by atoms with Crippen molar-refractivity contribution >= 4 is 17.7 Å². The highest BCUT2D eigenvalue weighted by atomic mass is 32.2. The van der Waals surface area contributed by atoms with Crippen LogP contribution in [-0.4, -0.2) is 36.5 Å². The molecule has 2 saturated heterocycles. The molecule has 14 heavy (non-hydrogen) atoms. The van der Waals surface area contributed by atoms with E-state index in [9.17, 15) is 4.79 Å². The number of carbonyl (C=O) groups excluding carboxylic acids is 1. The smallest absolute Gasteiger partial charge is 0.224 e. The fraction of sp³-hybridized carbons (Fsp3) is 0.900. The second-order valence-electron chi connectivity index (χ2n) is 4.11. The minimum Gasteiger partial charge on any atom is -0.352 e. The molecule has 2 aliphatic heterocycles. The van der Waals surface area contributed by atoms with E-state index in [1.807, 2.05) is 11.8 Å². The van der Waals surface area contributed by atoms with Crippen LogP contribution in [-0.2, 0) is 4.79 Å². The van der Waals surface area contributed by atoms with Gasteiger partial charge in [0.25, 0.3) is 0 Å². The summed E-state index contributed by atoms with van der Waals surface area (Å²) >= 11 is 1.94. The zero-order valence-electron chi connectivity index (χ0n) is 8.42. The van der Waals surface area contributed by atoms with E-state index in [-0.39, 0.29) is 11.8 Å². The minimum atomic E-state index is 0.217. The van der Waals surface area contributed by atoms with Crippen molar-refractivity contribution < 1.29 is 4.79 Å².